The summed E-state index contributed by atoms with van der Waals surface area (Å²) in [6, 6.07) is 18.4. The Morgan fingerprint density at radius 3 is 2.41 bits per heavy atom. The van der Waals surface area contributed by atoms with Crippen LogP contribution in [0.2, 0.25) is 0 Å². The number of rotatable bonds is 5. The highest BCUT2D eigenvalue weighted by Gasteiger charge is 2.17. The van der Waals surface area contributed by atoms with Crippen molar-refractivity contribution in [3.8, 4) is 23.0 Å². The van der Waals surface area contributed by atoms with Gasteiger partial charge in [-0.1, -0.05) is 30.3 Å². The molecule has 1 aromatic heterocycles. The van der Waals surface area contributed by atoms with Crippen LogP contribution in [0.25, 0.3) is 11.4 Å². The summed E-state index contributed by atoms with van der Waals surface area (Å²) in [5, 5.41) is 0. The SMILES string of the molecule is COC(=O)c1ccc(Oc2cc(N3CCOCC3)nc(-c3ccccc3)n2)cc1. The van der Waals surface area contributed by atoms with E-state index in [1.165, 1.54) is 7.11 Å². The van der Waals surface area contributed by atoms with Crippen molar-refractivity contribution in [1.82, 2.24) is 9.97 Å². The number of benzene rings is 2. The van der Waals surface area contributed by atoms with Crippen LogP contribution in [-0.2, 0) is 9.47 Å². The molecule has 1 fully saturated rings. The lowest BCUT2D eigenvalue weighted by Gasteiger charge is -2.28. The summed E-state index contributed by atoms with van der Waals surface area (Å²) < 4.78 is 16.2. The first-order valence-electron chi connectivity index (χ1n) is 9.36. The van der Waals surface area contributed by atoms with Gasteiger partial charge in [0.25, 0.3) is 0 Å². The molecule has 0 bridgehead atoms. The van der Waals surface area contributed by atoms with Gasteiger partial charge in [-0.2, -0.15) is 4.98 Å². The molecule has 7 nitrogen and oxygen atoms in total. The average Bonchev–Trinajstić information content (AvgIpc) is 2.80. The Balaban J connectivity index is 1.65. The lowest BCUT2D eigenvalue weighted by Crippen LogP contribution is -2.36. The van der Waals surface area contributed by atoms with E-state index in [0.717, 1.165) is 24.5 Å². The number of morpholine rings is 1. The topological polar surface area (TPSA) is 73.8 Å². The van der Waals surface area contributed by atoms with E-state index in [2.05, 4.69) is 9.88 Å². The van der Waals surface area contributed by atoms with Gasteiger partial charge in [0.2, 0.25) is 5.88 Å². The van der Waals surface area contributed by atoms with Crippen molar-refractivity contribution in [3.05, 3.63) is 66.2 Å². The van der Waals surface area contributed by atoms with Gasteiger partial charge in [-0.15, -0.1) is 0 Å². The first-order chi connectivity index (χ1) is 14.2. The summed E-state index contributed by atoms with van der Waals surface area (Å²) >= 11 is 0. The molecule has 4 rings (SSSR count). The smallest absolute Gasteiger partial charge is 0.337 e. The van der Waals surface area contributed by atoms with Crippen molar-refractivity contribution < 1.29 is 19.0 Å². The molecule has 2 heterocycles. The van der Waals surface area contributed by atoms with Gasteiger partial charge in [0.05, 0.1) is 25.9 Å². The number of carbonyl (C=O) groups excluding carboxylic acids is 1. The molecule has 1 saturated heterocycles. The number of methoxy groups -OCH3 is 1. The molecule has 1 aliphatic rings. The van der Waals surface area contributed by atoms with Gasteiger partial charge in [0.1, 0.15) is 11.6 Å². The summed E-state index contributed by atoms with van der Waals surface area (Å²) in [6.07, 6.45) is 0. The fourth-order valence-electron chi connectivity index (χ4n) is 3.03. The minimum Gasteiger partial charge on any atom is -0.465 e. The van der Waals surface area contributed by atoms with Gasteiger partial charge in [-0.25, -0.2) is 9.78 Å². The molecular formula is C22H21N3O4. The van der Waals surface area contributed by atoms with Gasteiger partial charge < -0.3 is 19.1 Å². The second-order valence-electron chi connectivity index (χ2n) is 6.47. The Hall–Kier alpha value is -3.45. The molecular weight excluding hydrogens is 370 g/mol. The molecule has 1 aliphatic heterocycles. The van der Waals surface area contributed by atoms with Gasteiger partial charge in [0.15, 0.2) is 5.82 Å². The van der Waals surface area contributed by atoms with E-state index in [-0.39, 0.29) is 5.97 Å². The average molecular weight is 391 g/mol. The third-order valence-corrected chi connectivity index (χ3v) is 4.55. The summed E-state index contributed by atoms with van der Waals surface area (Å²) in [7, 11) is 1.35. The van der Waals surface area contributed by atoms with E-state index in [1.807, 2.05) is 36.4 Å². The Labute approximate surface area is 168 Å². The van der Waals surface area contributed by atoms with Gasteiger partial charge in [-0.05, 0) is 24.3 Å². The molecule has 0 amide bonds. The summed E-state index contributed by atoms with van der Waals surface area (Å²) in [4.78, 5) is 23.1. The molecule has 0 N–H and O–H groups in total. The number of anilines is 1. The zero-order chi connectivity index (χ0) is 20.1. The molecule has 0 saturated carbocycles. The minimum atomic E-state index is -0.389. The Morgan fingerprint density at radius 1 is 1.00 bits per heavy atom. The standard InChI is InChI=1S/C22H21N3O4/c1-27-22(26)17-7-9-18(10-8-17)29-20-15-19(25-11-13-28-14-12-25)23-21(24-20)16-5-3-2-4-6-16/h2-10,15H,11-14H2,1H3. The number of hydrogen-bond donors (Lipinski definition) is 0. The van der Waals surface area contributed by atoms with Crippen molar-refractivity contribution in [2.24, 2.45) is 0 Å². The van der Waals surface area contributed by atoms with Crippen LogP contribution >= 0.6 is 0 Å². The lowest BCUT2D eigenvalue weighted by molar-refractivity contribution is 0.0600. The summed E-state index contributed by atoms with van der Waals surface area (Å²) in [6.45, 7) is 2.85. The molecule has 148 valence electrons. The van der Waals surface area contributed by atoms with Crippen LogP contribution in [-0.4, -0.2) is 49.4 Å². The first kappa shape index (κ1) is 18.9. The van der Waals surface area contributed by atoms with Crippen LogP contribution in [0.4, 0.5) is 5.82 Å². The predicted octanol–water partition coefficient (Wildman–Crippen LogP) is 3.56. The minimum absolute atomic E-state index is 0.389. The molecule has 7 heteroatoms. The largest absolute Gasteiger partial charge is 0.465 e. The highest BCUT2D eigenvalue weighted by atomic mass is 16.5. The van der Waals surface area contributed by atoms with Crippen molar-refractivity contribution in [3.63, 3.8) is 0 Å². The molecule has 0 aliphatic carbocycles. The summed E-state index contributed by atoms with van der Waals surface area (Å²) in [5.41, 5.74) is 1.37. The Morgan fingerprint density at radius 2 is 1.72 bits per heavy atom. The van der Waals surface area contributed by atoms with Gasteiger partial charge in [0, 0.05) is 24.7 Å². The van der Waals surface area contributed by atoms with Crippen LogP contribution < -0.4 is 9.64 Å². The molecule has 0 unspecified atom stereocenters. The molecule has 2 aromatic carbocycles. The van der Waals surface area contributed by atoms with E-state index >= 15 is 0 Å². The van der Waals surface area contributed by atoms with Crippen molar-refractivity contribution in [1.29, 1.82) is 0 Å². The highest BCUT2D eigenvalue weighted by molar-refractivity contribution is 5.89. The maximum atomic E-state index is 11.6. The summed E-state index contributed by atoms with van der Waals surface area (Å²) in [5.74, 6) is 2.01. The van der Waals surface area contributed by atoms with E-state index in [1.54, 1.807) is 24.3 Å². The van der Waals surface area contributed by atoms with E-state index in [9.17, 15) is 4.79 Å². The number of nitrogens with zero attached hydrogens (tertiary/aromatic N) is 3. The van der Waals surface area contributed by atoms with E-state index in [0.29, 0.717) is 36.2 Å². The van der Waals surface area contributed by atoms with Crippen LogP contribution in [0.1, 0.15) is 10.4 Å². The van der Waals surface area contributed by atoms with Crippen LogP contribution in [0.15, 0.2) is 60.7 Å². The van der Waals surface area contributed by atoms with Crippen molar-refractivity contribution in [2.75, 3.05) is 38.3 Å². The normalized spacial score (nSPS) is 13.8. The van der Waals surface area contributed by atoms with E-state index in [4.69, 9.17) is 19.2 Å². The fourth-order valence-corrected chi connectivity index (χ4v) is 3.03. The van der Waals surface area contributed by atoms with Gasteiger partial charge >= 0.3 is 5.97 Å². The first-order valence-corrected chi connectivity index (χ1v) is 9.36. The molecule has 0 spiro atoms. The monoisotopic (exact) mass is 391 g/mol. The van der Waals surface area contributed by atoms with E-state index < -0.39 is 0 Å². The number of carbonyl (C=O) groups is 1. The van der Waals surface area contributed by atoms with Crippen LogP contribution in [0, 0.1) is 0 Å². The Kier molecular flexibility index (Phi) is 5.67. The second-order valence-corrected chi connectivity index (χ2v) is 6.47. The van der Waals surface area contributed by atoms with Gasteiger partial charge in [-0.3, -0.25) is 0 Å². The zero-order valence-electron chi connectivity index (χ0n) is 16.1. The zero-order valence-corrected chi connectivity index (χ0v) is 16.1. The van der Waals surface area contributed by atoms with Crippen molar-refractivity contribution in [2.45, 2.75) is 0 Å². The van der Waals surface area contributed by atoms with Crippen molar-refractivity contribution >= 4 is 11.8 Å². The molecule has 0 atom stereocenters. The maximum absolute atomic E-state index is 11.6. The fraction of sp³-hybridized carbons (Fsp3) is 0.227. The Bertz CT molecular complexity index is 971. The molecule has 29 heavy (non-hydrogen) atoms. The molecule has 3 aromatic rings. The third-order valence-electron chi connectivity index (χ3n) is 4.55. The second kappa shape index (κ2) is 8.70. The maximum Gasteiger partial charge on any atom is 0.337 e. The number of aromatic nitrogens is 2. The van der Waals surface area contributed by atoms with Crippen LogP contribution in [0.3, 0.4) is 0 Å². The van der Waals surface area contributed by atoms with Crippen LogP contribution in [0.5, 0.6) is 11.6 Å². The highest BCUT2D eigenvalue weighted by Crippen LogP contribution is 2.27. The number of esters is 1. The predicted molar refractivity (Wildman–Crippen MR) is 108 cm³/mol. The third kappa shape index (κ3) is 4.52. The molecule has 0 radical (unpaired) electrons. The number of ether oxygens (including phenoxy) is 3. The number of hydrogen-bond acceptors (Lipinski definition) is 7. The quantitative estimate of drug-likeness (QED) is 0.616. The lowest BCUT2D eigenvalue weighted by atomic mass is 10.2.